The van der Waals surface area contributed by atoms with E-state index in [4.69, 9.17) is 17.3 Å². The van der Waals surface area contributed by atoms with Crippen molar-refractivity contribution in [2.45, 2.75) is 26.9 Å². The molecule has 0 fully saturated rings. The molecule has 6 heteroatoms. The minimum Gasteiger partial charge on any atom is -0.365 e. The molecule has 0 saturated heterocycles. The van der Waals surface area contributed by atoms with Crippen LogP contribution in [0.2, 0.25) is 5.02 Å². The van der Waals surface area contributed by atoms with Gasteiger partial charge in [-0.15, -0.1) is 0 Å². The van der Waals surface area contributed by atoms with Crippen molar-refractivity contribution >= 4 is 23.3 Å². The van der Waals surface area contributed by atoms with E-state index < -0.39 is 5.91 Å². The van der Waals surface area contributed by atoms with Gasteiger partial charge in [-0.05, 0) is 37.6 Å². The fraction of sp³-hybridized carbons (Fsp3) is 0.190. The van der Waals surface area contributed by atoms with Crippen molar-refractivity contribution in [3.8, 4) is 0 Å². The molecule has 0 aliphatic rings. The van der Waals surface area contributed by atoms with E-state index in [1.807, 2.05) is 44.2 Å². The predicted molar refractivity (Wildman–Crippen MR) is 104 cm³/mol. The summed E-state index contributed by atoms with van der Waals surface area (Å²) in [5.74, 6) is -0.546. The molecule has 0 radical (unpaired) electrons. The zero-order valence-corrected chi connectivity index (χ0v) is 16.0. The standard InChI is InChI=1S/C21H20ClN3O2/c1-14-10-18(15(2)25(14)12-16-6-3-4-8-19(16)22)20(26)13-24-9-5-7-17(11-24)21(23)27/h3-11H,12-13H2,1-2H3,(H-,23,27)/p+1. The number of aromatic nitrogens is 2. The summed E-state index contributed by atoms with van der Waals surface area (Å²) in [7, 11) is 0. The van der Waals surface area contributed by atoms with Gasteiger partial charge in [-0.3, -0.25) is 9.59 Å². The minimum atomic E-state index is -0.519. The molecular formula is C21H21ClN3O2+. The third-order valence-corrected chi connectivity index (χ3v) is 5.00. The summed E-state index contributed by atoms with van der Waals surface area (Å²) < 4.78 is 3.75. The van der Waals surface area contributed by atoms with Gasteiger partial charge >= 0.3 is 0 Å². The molecule has 5 nitrogen and oxygen atoms in total. The average Bonchev–Trinajstić information content (AvgIpc) is 2.92. The van der Waals surface area contributed by atoms with Crippen molar-refractivity contribution in [1.29, 1.82) is 0 Å². The molecule has 2 heterocycles. The molecule has 0 aliphatic heterocycles. The van der Waals surface area contributed by atoms with E-state index in [1.54, 1.807) is 29.1 Å². The maximum atomic E-state index is 12.8. The lowest BCUT2D eigenvalue weighted by atomic mass is 10.1. The summed E-state index contributed by atoms with van der Waals surface area (Å²) in [4.78, 5) is 24.1. The molecule has 3 rings (SSSR count). The number of nitrogens with zero attached hydrogens (tertiary/aromatic N) is 2. The molecular weight excluding hydrogens is 362 g/mol. The van der Waals surface area contributed by atoms with Gasteiger partial charge in [0.1, 0.15) is 5.56 Å². The molecule has 0 atom stereocenters. The maximum absolute atomic E-state index is 12.8. The van der Waals surface area contributed by atoms with E-state index in [-0.39, 0.29) is 12.3 Å². The fourth-order valence-electron chi connectivity index (χ4n) is 3.14. The first-order chi connectivity index (χ1) is 12.9. The summed E-state index contributed by atoms with van der Waals surface area (Å²) in [5, 5.41) is 0.705. The summed E-state index contributed by atoms with van der Waals surface area (Å²) in [5.41, 5.74) is 9.23. The van der Waals surface area contributed by atoms with Crippen molar-refractivity contribution in [3.05, 3.63) is 88.0 Å². The van der Waals surface area contributed by atoms with E-state index in [0.717, 1.165) is 17.0 Å². The van der Waals surface area contributed by atoms with Crippen molar-refractivity contribution in [2.75, 3.05) is 0 Å². The third-order valence-electron chi connectivity index (χ3n) is 4.63. The number of pyridine rings is 1. The normalized spacial score (nSPS) is 10.8. The van der Waals surface area contributed by atoms with Crippen LogP contribution in [0, 0.1) is 13.8 Å². The summed E-state index contributed by atoms with van der Waals surface area (Å²) >= 11 is 6.27. The Kier molecular flexibility index (Phi) is 5.42. The van der Waals surface area contributed by atoms with E-state index in [2.05, 4.69) is 4.57 Å². The number of rotatable bonds is 6. The molecule has 2 N–H and O–H groups in total. The van der Waals surface area contributed by atoms with Gasteiger partial charge in [-0.1, -0.05) is 29.8 Å². The zero-order chi connectivity index (χ0) is 19.6. The number of carbonyl (C=O) groups is 2. The Labute approximate surface area is 163 Å². The van der Waals surface area contributed by atoms with Crippen LogP contribution >= 0.6 is 11.6 Å². The largest absolute Gasteiger partial charge is 0.365 e. The molecule has 0 saturated carbocycles. The Morgan fingerprint density at radius 2 is 1.89 bits per heavy atom. The van der Waals surface area contributed by atoms with Crippen LogP contribution in [0.3, 0.4) is 0 Å². The topological polar surface area (TPSA) is 69.0 Å². The Balaban J connectivity index is 1.85. The van der Waals surface area contributed by atoms with Gasteiger partial charge < -0.3 is 10.3 Å². The summed E-state index contributed by atoms with van der Waals surface area (Å²) in [6, 6.07) is 12.9. The van der Waals surface area contributed by atoms with Gasteiger partial charge in [-0.25, -0.2) is 0 Å². The predicted octanol–water partition coefficient (Wildman–Crippen LogP) is 3.08. The lowest BCUT2D eigenvalue weighted by Gasteiger charge is -2.11. The third kappa shape index (κ3) is 4.09. The Bertz CT molecular complexity index is 1020. The number of ketones is 1. The monoisotopic (exact) mass is 382 g/mol. The van der Waals surface area contributed by atoms with Crippen LogP contribution in [-0.4, -0.2) is 16.3 Å². The lowest BCUT2D eigenvalue weighted by Crippen LogP contribution is -2.38. The summed E-state index contributed by atoms with van der Waals surface area (Å²) in [6.07, 6.45) is 3.33. The molecule has 1 amide bonds. The summed E-state index contributed by atoms with van der Waals surface area (Å²) in [6.45, 7) is 4.65. The smallest absolute Gasteiger partial charge is 0.254 e. The maximum Gasteiger partial charge on any atom is 0.254 e. The quantitative estimate of drug-likeness (QED) is 0.525. The number of Topliss-reactive ketones (excluding diaryl/α,β-unsaturated/α-hetero) is 1. The highest BCUT2D eigenvalue weighted by Gasteiger charge is 2.20. The number of amides is 1. The number of hydrogen-bond donors (Lipinski definition) is 1. The number of primary amides is 1. The number of nitrogens with two attached hydrogens (primary N) is 1. The second-order valence-corrected chi connectivity index (χ2v) is 6.92. The van der Waals surface area contributed by atoms with Crippen molar-refractivity contribution in [1.82, 2.24) is 4.57 Å². The van der Waals surface area contributed by atoms with Crippen LogP contribution in [0.1, 0.15) is 37.7 Å². The van der Waals surface area contributed by atoms with Crippen molar-refractivity contribution in [2.24, 2.45) is 5.73 Å². The second-order valence-electron chi connectivity index (χ2n) is 6.51. The van der Waals surface area contributed by atoms with E-state index in [9.17, 15) is 9.59 Å². The van der Waals surface area contributed by atoms with Gasteiger partial charge in [0.05, 0.1) is 0 Å². The highest BCUT2D eigenvalue weighted by molar-refractivity contribution is 6.31. The van der Waals surface area contributed by atoms with Gasteiger partial charge in [0.15, 0.2) is 12.4 Å². The van der Waals surface area contributed by atoms with Gasteiger partial charge in [0.2, 0.25) is 12.3 Å². The molecule has 0 unspecified atom stereocenters. The highest BCUT2D eigenvalue weighted by Crippen LogP contribution is 2.21. The number of benzene rings is 1. The molecule has 27 heavy (non-hydrogen) atoms. The first-order valence-corrected chi connectivity index (χ1v) is 8.97. The average molecular weight is 383 g/mol. The fourth-order valence-corrected chi connectivity index (χ4v) is 3.34. The van der Waals surface area contributed by atoms with Crippen LogP contribution in [0.15, 0.2) is 54.9 Å². The Morgan fingerprint density at radius 3 is 2.59 bits per heavy atom. The number of carbonyl (C=O) groups excluding carboxylic acids is 2. The van der Waals surface area contributed by atoms with E-state index in [1.165, 1.54) is 0 Å². The zero-order valence-electron chi connectivity index (χ0n) is 15.3. The van der Waals surface area contributed by atoms with Crippen LogP contribution < -0.4 is 10.3 Å². The first kappa shape index (κ1) is 18.9. The molecule has 1 aromatic carbocycles. The Hall–Kier alpha value is -2.92. The van der Waals surface area contributed by atoms with Gasteiger partial charge in [0, 0.05) is 34.6 Å². The Morgan fingerprint density at radius 1 is 1.15 bits per heavy atom. The number of aryl methyl sites for hydroxylation is 1. The molecule has 0 aliphatic carbocycles. The first-order valence-electron chi connectivity index (χ1n) is 8.59. The highest BCUT2D eigenvalue weighted by atomic mass is 35.5. The van der Waals surface area contributed by atoms with Crippen LogP contribution in [-0.2, 0) is 13.1 Å². The van der Waals surface area contributed by atoms with Crippen molar-refractivity contribution in [3.63, 3.8) is 0 Å². The molecule has 138 valence electrons. The lowest BCUT2D eigenvalue weighted by molar-refractivity contribution is -0.683. The van der Waals surface area contributed by atoms with Crippen LogP contribution in [0.4, 0.5) is 0 Å². The molecule has 0 bridgehead atoms. The van der Waals surface area contributed by atoms with E-state index in [0.29, 0.717) is 22.7 Å². The molecule has 2 aromatic heterocycles. The van der Waals surface area contributed by atoms with Gasteiger partial charge in [-0.2, -0.15) is 4.57 Å². The molecule has 0 spiro atoms. The minimum absolute atomic E-state index is 0.0277. The van der Waals surface area contributed by atoms with Crippen LogP contribution in [0.25, 0.3) is 0 Å². The SMILES string of the molecule is Cc1cc(C(=O)C[n+]2cccc(C(N)=O)c2)c(C)n1Cc1ccccc1Cl. The number of halogens is 1. The van der Waals surface area contributed by atoms with Gasteiger partial charge in [0.25, 0.3) is 5.91 Å². The molecule has 3 aromatic rings. The van der Waals surface area contributed by atoms with E-state index >= 15 is 0 Å². The van der Waals surface area contributed by atoms with Crippen molar-refractivity contribution < 1.29 is 14.2 Å². The van der Waals surface area contributed by atoms with Crippen LogP contribution in [0.5, 0.6) is 0 Å². The number of hydrogen-bond acceptors (Lipinski definition) is 2. The second kappa shape index (κ2) is 7.76.